The molecule has 7 nitrogen and oxygen atoms in total. The van der Waals surface area contributed by atoms with Crippen LogP contribution in [0.1, 0.15) is 50.4 Å². The topological polar surface area (TPSA) is 74.8 Å². The standard InChI is InChI=1S/C35H32ClN3O4S/c1-5-42-26-16-14-23(15-17-26)32-31(34(41)43-21(2)3)22(4)37-35-39(32)33(40)30(44-35)18-25-20-38(29-13-9-7-11-27(25)29)19-24-10-6-8-12-28(24)36/h6-18,20-21,32H,5,19H2,1-4H3/b30-18+/t32-/m0/s1. The minimum atomic E-state index is -0.697. The number of ether oxygens (including phenoxy) is 2. The second-order valence-electron chi connectivity index (χ2n) is 10.9. The smallest absolute Gasteiger partial charge is 0.338 e. The molecule has 0 unspecified atom stereocenters. The molecule has 0 spiro atoms. The first kappa shape index (κ1) is 29.7. The molecule has 0 saturated heterocycles. The number of carbonyl (C=O) groups is 1. The number of para-hydroxylation sites is 1. The van der Waals surface area contributed by atoms with Gasteiger partial charge in [0.1, 0.15) is 5.75 Å². The van der Waals surface area contributed by atoms with Crippen LogP contribution in [0.4, 0.5) is 0 Å². The Morgan fingerprint density at radius 3 is 2.52 bits per heavy atom. The molecule has 1 aliphatic heterocycles. The Morgan fingerprint density at radius 1 is 1.07 bits per heavy atom. The van der Waals surface area contributed by atoms with Crippen molar-refractivity contribution in [2.45, 2.75) is 46.4 Å². The second-order valence-corrected chi connectivity index (χ2v) is 12.3. The molecule has 0 bridgehead atoms. The van der Waals surface area contributed by atoms with Gasteiger partial charge in [-0.2, -0.15) is 0 Å². The molecule has 0 aliphatic carbocycles. The highest BCUT2D eigenvalue weighted by Crippen LogP contribution is 2.32. The molecule has 6 rings (SSSR count). The molecule has 9 heteroatoms. The fourth-order valence-corrected chi connectivity index (χ4v) is 6.79. The van der Waals surface area contributed by atoms with Gasteiger partial charge in [0, 0.05) is 34.2 Å². The van der Waals surface area contributed by atoms with Gasteiger partial charge in [0.25, 0.3) is 5.56 Å². The third-order valence-electron chi connectivity index (χ3n) is 7.50. The Balaban J connectivity index is 1.50. The molecular weight excluding hydrogens is 594 g/mol. The summed E-state index contributed by atoms with van der Waals surface area (Å²) in [6.07, 6.45) is 3.64. The third-order valence-corrected chi connectivity index (χ3v) is 8.85. The quantitative estimate of drug-likeness (QED) is 0.191. The Morgan fingerprint density at radius 2 is 1.80 bits per heavy atom. The summed E-state index contributed by atoms with van der Waals surface area (Å²) in [4.78, 5) is 32.9. The van der Waals surface area contributed by atoms with E-state index in [0.29, 0.717) is 44.5 Å². The second kappa shape index (κ2) is 12.3. The van der Waals surface area contributed by atoms with Crippen molar-refractivity contribution in [1.82, 2.24) is 9.13 Å². The highest BCUT2D eigenvalue weighted by Gasteiger charge is 2.34. The van der Waals surface area contributed by atoms with Gasteiger partial charge in [0.15, 0.2) is 4.80 Å². The minimum absolute atomic E-state index is 0.224. The van der Waals surface area contributed by atoms with Crippen molar-refractivity contribution in [1.29, 1.82) is 0 Å². The lowest BCUT2D eigenvalue weighted by atomic mass is 9.96. The van der Waals surface area contributed by atoms with Crippen molar-refractivity contribution in [3.63, 3.8) is 0 Å². The molecule has 44 heavy (non-hydrogen) atoms. The summed E-state index contributed by atoms with van der Waals surface area (Å²) in [5.41, 5.74) is 4.36. The zero-order valence-electron chi connectivity index (χ0n) is 24.9. The van der Waals surface area contributed by atoms with Gasteiger partial charge in [-0.25, -0.2) is 9.79 Å². The minimum Gasteiger partial charge on any atom is -0.494 e. The molecular formula is C35H32ClN3O4S. The van der Waals surface area contributed by atoms with Crippen molar-refractivity contribution in [2.24, 2.45) is 4.99 Å². The van der Waals surface area contributed by atoms with Crippen LogP contribution in [-0.4, -0.2) is 27.8 Å². The van der Waals surface area contributed by atoms with E-state index in [-0.39, 0.29) is 11.7 Å². The maximum Gasteiger partial charge on any atom is 0.338 e. The van der Waals surface area contributed by atoms with Crippen molar-refractivity contribution in [3.05, 3.63) is 132 Å². The lowest BCUT2D eigenvalue weighted by Crippen LogP contribution is -2.40. The maximum absolute atomic E-state index is 14.2. The number of nitrogens with zero attached hydrogens (tertiary/aromatic N) is 3. The van der Waals surface area contributed by atoms with E-state index >= 15 is 0 Å². The van der Waals surface area contributed by atoms with Crippen LogP contribution >= 0.6 is 22.9 Å². The predicted molar refractivity (Wildman–Crippen MR) is 175 cm³/mol. The molecule has 3 heterocycles. The highest BCUT2D eigenvalue weighted by molar-refractivity contribution is 7.07. The number of esters is 1. The Labute approximate surface area is 264 Å². The number of hydrogen-bond donors (Lipinski definition) is 0. The van der Waals surface area contributed by atoms with Gasteiger partial charge in [0.05, 0.1) is 34.6 Å². The monoisotopic (exact) mass is 625 g/mol. The number of fused-ring (bicyclic) bond motifs is 2. The summed E-state index contributed by atoms with van der Waals surface area (Å²) in [6, 6.07) is 22.7. The SMILES string of the molecule is CCOc1ccc([C@H]2C(C(=O)OC(C)C)=C(C)N=c3s/c(=C/c4cn(Cc5ccccc5Cl)c5ccccc45)c(=O)n32)cc1. The molecule has 1 atom stereocenters. The fourth-order valence-electron chi connectivity index (χ4n) is 5.56. The van der Waals surface area contributed by atoms with E-state index in [2.05, 4.69) is 10.6 Å². The van der Waals surface area contributed by atoms with E-state index in [1.807, 2.05) is 85.9 Å². The molecule has 3 aromatic carbocycles. The molecule has 2 aromatic heterocycles. The van der Waals surface area contributed by atoms with Crippen LogP contribution in [0.15, 0.2) is 100 Å². The van der Waals surface area contributed by atoms with Crippen molar-refractivity contribution >= 4 is 45.9 Å². The van der Waals surface area contributed by atoms with Gasteiger partial charge in [-0.3, -0.25) is 9.36 Å². The average molecular weight is 626 g/mol. The van der Waals surface area contributed by atoms with E-state index in [1.54, 1.807) is 25.3 Å². The zero-order chi connectivity index (χ0) is 31.0. The van der Waals surface area contributed by atoms with Gasteiger partial charge < -0.3 is 14.0 Å². The first-order valence-corrected chi connectivity index (χ1v) is 15.7. The molecule has 0 N–H and O–H groups in total. The van der Waals surface area contributed by atoms with Crippen LogP contribution in [0.25, 0.3) is 17.0 Å². The number of hydrogen-bond acceptors (Lipinski definition) is 6. The van der Waals surface area contributed by atoms with E-state index in [9.17, 15) is 9.59 Å². The number of thiazole rings is 1. The van der Waals surface area contributed by atoms with Gasteiger partial charge in [-0.15, -0.1) is 0 Å². The largest absolute Gasteiger partial charge is 0.494 e. The summed E-state index contributed by atoms with van der Waals surface area (Å²) in [7, 11) is 0. The summed E-state index contributed by atoms with van der Waals surface area (Å²) in [5.74, 6) is 0.223. The maximum atomic E-state index is 14.2. The normalized spacial score (nSPS) is 15.0. The summed E-state index contributed by atoms with van der Waals surface area (Å²) in [5, 5.41) is 1.72. The zero-order valence-corrected chi connectivity index (χ0v) is 26.5. The van der Waals surface area contributed by atoms with E-state index in [4.69, 9.17) is 26.1 Å². The van der Waals surface area contributed by atoms with Crippen LogP contribution in [0.5, 0.6) is 5.75 Å². The first-order valence-electron chi connectivity index (χ1n) is 14.5. The van der Waals surface area contributed by atoms with Gasteiger partial charge in [-0.1, -0.05) is 71.5 Å². The number of aromatic nitrogens is 2. The number of halogens is 1. The summed E-state index contributed by atoms with van der Waals surface area (Å²) in [6.45, 7) is 8.44. The fraction of sp³-hybridized carbons (Fsp3) is 0.229. The van der Waals surface area contributed by atoms with Gasteiger partial charge >= 0.3 is 5.97 Å². The average Bonchev–Trinajstić information content (AvgIpc) is 3.50. The molecule has 224 valence electrons. The number of allylic oxidation sites excluding steroid dienone is 1. The van der Waals surface area contributed by atoms with Crippen molar-refractivity contribution in [3.8, 4) is 5.75 Å². The van der Waals surface area contributed by atoms with Crippen LogP contribution in [0.3, 0.4) is 0 Å². The van der Waals surface area contributed by atoms with E-state index in [1.165, 1.54) is 11.3 Å². The molecule has 0 radical (unpaired) electrons. The van der Waals surface area contributed by atoms with Crippen molar-refractivity contribution < 1.29 is 14.3 Å². The number of benzene rings is 3. The Hall–Kier alpha value is -4.40. The van der Waals surface area contributed by atoms with Crippen LogP contribution in [0, 0.1) is 0 Å². The van der Waals surface area contributed by atoms with Gasteiger partial charge in [-0.05, 0) is 69.2 Å². The highest BCUT2D eigenvalue weighted by atomic mass is 35.5. The Bertz CT molecular complexity index is 2090. The van der Waals surface area contributed by atoms with E-state index < -0.39 is 12.0 Å². The van der Waals surface area contributed by atoms with Crippen molar-refractivity contribution in [2.75, 3.05) is 6.61 Å². The first-order chi connectivity index (χ1) is 21.2. The summed E-state index contributed by atoms with van der Waals surface area (Å²) >= 11 is 7.79. The Kier molecular flexibility index (Phi) is 8.29. The predicted octanol–water partition coefficient (Wildman–Crippen LogP) is 6.24. The molecule has 0 amide bonds. The molecule has 1 aliphatic rings. The third kappa shape index (κ3) is 5.63. The lowest BCUT2D eigenvalue weighted by Gasteiger charge is -2.25. The number of carbonyl (C=O) groups excluding carboxylic acids is 1. The lowest BCUT2D eigenvalue weighted by molar-refractivity contribution is -0.143. The van der Waals surface area contributed by atoms with Crippen LogP contribution in [0.2, 0.25) is 5.02 Å². The van der Waals surface area contributed by atoms with Crippen LogP contribution < -0.4 is 19.6 Å². The molecule has 0 fully saturated rings. The van der Waals surface area contributed by atoms with Gasteiger partial charge in [0.2, 0.25) is 0 Å². The summed E-state index contributed by atoms with van der Waals surface area (Å²) < 4.78 is 15.5. The van der Waals surface area contributed by atoms with Crippen LogP contribution in [-0.2, 0) is 16.1 Å². The van der Waals surface area contributed by atoms with E-state index in [0.717, 1.165) is 27.6 Å². The molecule has 5 aromatic rings. The number of rotatable bonds is 8. The molecule has 0 saturated carbocycles.